The van der Waals surface area contributed by atoms with Gasteiger partial charge in [-0.3, -0.25) is 0 Å². The summed E-state index contributed by atoms with van der Waals surface area (Å²) in [5, 5.41) is 35.1. The van der Waals surface area contributed by atoms with Gasteiger partial charge in [-0.05, 0) is 44.2 Å². The number of aliphatic hydroxyl groups excluding tert-OH is 2. The van der Waals surface area contributed by atoms with Gasteiger partial charge in [-0.2, -0.15) is 4.98 Å². The molecule has 8 nitrogen and oxygen atoms in total. The number of aliphatic hydroxyl groups is 3. The zero-order valence-electron chi connectivity index (χ0n) is 17.3. The molecule has 0 amide bonds. The number of ether oxygens (including phenoxy) is 1. The minimum Gasteiger partial charge on any atom is -0.442 e. The van der Waals surface area contributed by atoms with E-state index in [2.05, 4.69) is 15.3 Å². The number of fused-ring (bicyclic) bond motifs is 1. The number of hydrogen-bond acceptors (Lipinski definition) is 9. The monoisotopic (exact) mass is 442 g/mol. The number of nitrogens with zero attached hydrogens (tertiary/aromatic N) is 3. The molecule has 0 spiro atoms. The quantitative estimate of drug-likeness (QED) is 0.412. The Morgan fingerprint density at radius 1 is 1.19 bits per heavy atom. The molecule has 1 aromatic carbocycles. The van der Waals surface area contributed by atoms with Crippen LogP contribution in [0.3, 0.4) is 0 Å². The summed E-state index contributed by atoms with van der Waals surface area (Å²) in [4.78, 5) is 13.9. The van der Waals surface area contributed by atoms with Crippen molar-refractivity contribution in [3.05, 3.63) is 30.0 Å². The Morgan fingerprint density at radius 2 is 2.00 bits per heavy atom. The van der Waals surface area contributed by atoms with E-state index in [0.717, 1.165) is 16.8 Å². The van der Waals surface area contributed by atoms with Crippen molar-refractivity contribution in [2.45, 2.75) is 44.5 Å². The number of rotatable bonds is 7. The van der Waals surface area contributed by atoms with Gasteiger partial charge in [-0.15, -0.1) is 11.3 Å². The first-order valence-corrected chi connectivity index (χ1v) is 11.5. The first kappa shape index (κ1) is 20.6. The summed E-state index contributed by atoms with van der Waals surface area (Å²) >= 11 is 1.50. The largest absolute Gasteiger partial charge is 0.442 e. The van der Waals surface area contributed by atoms with E-state index in [1.54, 1.807) is 0 Å². The Hall–Kier alpha value is -2.33. The van der Waals surface area contributed by atoms with Gasteiger partial charge >= 0.3 is 0 Å². The Morgan fingerprint density at radius 3 is 2.71 bits per heavy atom. The van der Waals surface area contributed by atoms with Crippen molar-refractivity contribution in [1.29, 1.82) is 0 Å². The Labute approximate surface area is 184 Å². The van der Waals surface area contributed by atoms with E-state index in [1.807, 2.05) is 31.2 Å². The maximum atomic E-state index is 11.1. The second kappa shape index (κ2) is 7.98. The molecule has 3 unspecified atom stereocenters. The number of nitrogens with one attached hydrogen (secondary N) is 1. The standard InChI is InChI=1S/C22H26N4O4S/c1-12-17(20-25-15-4-2-3-5-16(15)31-20)19(26-21(24-12)23-10-13-6-7-13)30-22(29)9-8-14(11-27)18(22)28/h2-5,13-14,18,27-29H,6-11H2,1H3,(H,23,24,26). The van der Waals surface area contributed by atoms with Gasteiger partial charge in [0.15, 0.2) is 0 Å². The second-order valence-corrected chi connectivity index (χ2v) is 9.53. The van der Waals surface area contributed by atoms with Gasteiger partial charge < -0.3 is 25.4 Å². The predicted molar refractivity (Wildman–Crippen MR) is 118 cm³/mol. The van der Waals surface area contributed by atoms with Crippen LogP contribution in [0.4, 0.5) is 5.95 Å². The SMILES string of the molecule is Cc1nc(NCC2CC2)nc(OC2(O)CCC(CO)C2O)c1-c1nc2ccccc2s1. The lowest BCUT2D eigenvalue weighted by molar-refractivity contribution is -0.199. The zero-order valence-corrected chi connectivity index (χ0v) is 18.1. The van der Waals surface area contributed by atoms with Gasteiger partial charge in [0.05, 0.1) is 21.5 Å². The summed E-state index contributed by atoms with van der Waals surface area (Å²) < 4.78 is 7.03. The molecule has 5 rings (SSSR count). The summed E-state index contributed by atoms with van der Waals surface area (Å²) in [7, 11) is 0. The van der Waals surface area contributed by atoms with Crippen LogP contribution in [0, 0.1) is 18.8 Å². The first-order valence-electron chi connectivity index (χ1n) is 10.7. The summed E-state index contributed by atoms with van der Waals surface area (Å²) in [6.07, 6.45) is 1.86. The number of hydrogen-bond donors (Lipinski definition) is 4. The van der Waals surface area contributed by atoms with Crippen LogP contribution in [0.15, 0.2) is 24.3 Å². The molecular weight excluding hydrogens is 416 g/mol. The third-order valence-corrected chi connectivity index (χ3v) is 7.15. The number of para-hydroxylation sites is 1. The molecule has 0 bridgehead atoms. The predicted octanol–water partition coefficient (Wildman–Crippen LogP) is 2.71. The van der Waals surface area contributed by atoms with Crippen LogP contribution < -0.4 is 10.1 Å². The Kier molecular flexibility index (Phi) is 5.29. The van der Waals surface area contributed by atoms with Crippen molar-refractivity contribution < 1.29 is 20.1 Å². The van der Waals surface area contributed by atoms with Crippen LogP contribution in [-0.2, 0) is 0 Å². The third kappa shape index (κ3) is 3.98. The number of benzene rings is 1. The highest BCUT2D eigenvalue weighted by molar-refractivity contribution is 7.21. The van der Waals surface area contributed by atoms with Crippen LogP contribution in [0.2, 0.25) is 0 Å². The molecule has 2 heterocycles. The molecule has 2 aliphatic rings. The van der Waals surface area contributed by atoms with Crippen molar-refractivity contribution in [2.24, 2.45) is 11.8 Å². The molecule has 2 aromatic heterocycles. The lowest BCUT2D eigenvalue weighted by Crippen LogP contribution is -2.46. The minimum atomic E-state index is -1.83. The summed E-state index contributed by atoms with van der Waals surface area (Å²) in [6, 6.07) is 7.84. The van der Waals surface area contributed by atoms with Crippen molar-refractivity contribution in [1.82, 2.24) is 15.0 Å². The van der Waals surface area contributed by atoms with Crippen LogP contribution in [-0.4, -0.2) is 55.3 Å². The normalized spacial score (nSPS) is 25.8. The molecule has 0 radical (unpaired) electrons. The fourth-order valence-corrected chi connectivity index (χ4v) is 5.07. The van der Waals surface area contributed by atoms with Crippen molar-refractivity contribution >= 4 is 27.5 Å². The van der Waals surface area contributed by atoms with E-state index >= 15 is 0 Å². The fraction of sp³-hybridized carbons (Fsp3) is 0.500. The Balaban J connectivity index is 1.55. The van der Waals surface area contributed by atoms with Crippen LogP contribution in [0.1, 0.15) is 31.4 Å². The van der Waals surface area contributed by atoms with Gasteiger partial charge in [-0.25, -0.2) is 9.97 Å². The highest BCUT2D eigenvalue weighted by Crippen LogP contribution is 2.42. The average molecular weight is 443 g/mol. The van der Waals surface area contributed by atoms with E-state index in [0.29, 0.717) is 34.6 Å². The molecule has 2 saturated carbocycles. The maximum absolute atomic E-state index is 11.1. The summed E-state index contributed by atoms with van der Waals surface area (Å²) in [6.45, 7) is 2.44. The molecule has 31 heavy (non-hydrogen) atoms. The summed E-state index contributed by atoms with van der Waals surface area (Å²) in [5.41, 5.74) is 2.15. The highest BCUT2D eigenvalue weighted by atomic mass is 32.1. The molecule has 2 aliphatic carbocycles. The van der Waals surface area contributed by atoms with Gasteiger partial charge in [0.2, 0.25) is 17.6 Å². The van der Waals surface area contributed by atoms with Crippen molar-refractivity contribution in [2.75, 3.05) is 18.5 Å². The zero-order chi connectivity index (χ0) is 21.6. The number of anilines is 1. The van der Waals surface area contributed by atoms with E-state index in [-0.39, 0.29) is 18.9 Å². The number of aryl methyl sites for hydroxylation is 1. The van der Waals surface area contributed by atoms with Gasteiger partial charge in [-0.1, -0.05) is 12.1 Å². The molecule has 0 aliphatic heterocycles. The number of aromatic nitrogens is 3. The van der Waals surface area contributed by atoms with Crippen molar-refractivity contribution in [3.63, 3.8) is 0 Å². The average Bonchev–Trinajstić information content (AvgIpc) is 3.42. The molecule has 164 valence electrons. The maximum Gasteiger partial charge on any atom is 0.236 e. The molecule has 4 N–H and O–H groups in total. The molecule has 3 aromatic rings. The van der Waals surface area contributed by atoms with E-state index < -0.39 is 17.8 Å². The van der Waals surface area contributed by atoms with Crippen molar-refractivity contribution in [3.8, 4) is 16.5 Å². The van der Waals surface area contributed by atoms with E-state index in [4.69, 9.17) is 9.72 Å². The van der Waals surface area contributed by atoms with Gasteiger partial charge in [0.1, 0.15) is 11.1 Å². The summed E-state index contributed by atoms with van der Waals surface area (Å²) in [5.74, 6) is -1.01. The van der Waals surface area contributed by atoms with Gasteiger partial charge in [0.25, 0.3) is 0 Å². The van der Waals surface area contributed by atoms with Crippen LogP contribution in [0.5, 0.6) is 5.88 Å². The topological polar surface area (TPSA) is 121 Å². The molecule has 3 atom stereocenters. The smallest absolute Gasteiger partial charge is 0.236 e. The lowest BCUT2D eigenvalue weighted by Gasteiger charge is -2.29. The molecular formula is C22H26N4O4S. The fourth-order valence-electron chi connectivity index (χ4n) is 4.02. The second-order valence-electron chi connectivity index (χ2n) is 8.50. The van der Waals surface area contributed by atoms with E-state index in [9.17, 15) is 15.3 Å². The van der Waals surface area contributed by atoms with Crippen LogP contribution >= 0.6 is 11.3 Å². The first-order chi connectivity index (χ1) is 15.0. The molecule has 9 heteroatoms. The molecule has 2 fully saturated rings. The Bertz CT molecular complexity index is 1070. The van der Waals surface area contributed by atoms with Crippen LogP contribution in [0.25, 0.3) is 20.8 Å². The lowest BCUT2D eigenvalue weighted by atomic mass is 10.1. The van der Waals surface area contributed by atoms with E-state index in [1.165, 1.54) is 24.2 Å². The minimum absolute atomic E-state index is 0.185. The number of thiazole rings is 1. The van der Waals surface area contributed by atoms with Gasteiger partial charge in [0, 0.05) is 25.5 Å². The third-order valence-electron chi connectivity index (χ3n) is 6.10. The highest BCUT2D eigenvalue weighted by Gasteiger charge is 2.49. The molecule has 0 saturated heterocycles.